The third-order valence-corrected chi connectivity index (χ3v) is 2.70. The van der Waals surface area contributed by atoms with Crippen LogP contribution in [0.15, 0.2) is 18.2 Å². The second-order valence-corrected chi connectivity index (χ2v) is 4.99. The van der Waals surface area contributed by atoms with Gasteiger partial charge in [0, 0.05) is 12.5 Å². The molecule has 0 unspecified atom stereocenters. The molecule has 0 atom stereocenters. The van der Waals surface area contributed by atoms with E-state index in [9.17, 15) is 14.0 Å². The van der Waals surface area contributed by atoms with E-state index in [1.54, 1.807) is 6.92 Å². The van der Waals surface area contributed by atoms with E-state index in [4.69, 9.17) is 9.84 Å². The van der Waals surface area contributed by atoms with Gasteiger partial charge in [0.1, 0.15) is 11.6 Å². The zero-order chi connectivity index (χ0) is 15.3. The minimum Gasteiger partial charge on any atom is -0.492 e. The summed E-state index contributed by atoms with van der Waals surface area (Å²) in [6, 6.07) is 3.77. The van der Waals surface area contributed by atoms with Crippen molar-refractivity contribution in [3.05, 3.63) is 24.0 Å². The highest BCUT2D eigenvalue weighted by Gasteiger charge is 2.30. The van der Waals surface area contributed by atoms with Crippen LogP contribution in [0.2, 0.25) is 0 Å². The molecule has 1 aromatic rings. The van der Waals surface area contributed by atoms with Crippen molar-refractivity contribution in [3.8, 4) is 5.75 Å². The average Bonchev–Trinajstić information content (AvgIpc) is 2.31. The lowest BCUT2D eigenvalue weighted by molar-refractivity contribution is -0.148. The van der Waals surface area contributed by atoms with E-state index < -0.39 is 23.1 Å². The topological polar surface area (TPSA) is 75.6 Å². The van der Waals surface area contributed by atoms with Crippen molar-refractivity contribution in [2.45, 2.75) is 27.2 Å². The molecule has 0 aliphatic carbocycles. The van der Waals surface area contributed by atoms with Gasteiger partial charge in [-0.05, 0) is 32.9 Å². The zero-order valence-electron chi connectivity index (χ0n) is 11.7. The van der Waals surface area contributed by atoms with Gasteiger partial charge in [-0.25, -0.2) is 4.39 Å². The molecule has 0 saturated carbocycles. The summed E-state index contributed by atoms with van der Waals surface area (Å²) in [6.07, 6.45) is -0.218. The number of carboxylic acids is 1. The van der Waals surface area contributed by atoms with Crippen molar-refractivity contribution in [1.29, 1.82) is 0 Å². The number of hydrogen-bond donors (Lipinski definition) is 2. The molecule has 0 heterocycles. The fourth-order valence-corrected chi connectivity index (χ4v) is 1.55. The van der Waals surface area contributed by atoms with Gasteiger partial charge in [-0.1, -0.05) is 0 Å². The molecule has 1 amide bonds. The van der Waals surface area contributed by atoms with Crippen LogP contribution in [0.25, 0.3) is 0 Å². The van der Waals surface area contributed by atoms with Crippen molar-refractivity contribution in [1.82, 2.24) is 0 Å². The molecule has 1 aromatic carbocycles. The van der Waals surface area contributed by atoms with Crippen LogP contribution in [0, 0.1) is 11.2 Å². The van der Waals surface area contributed by atoms with E-state index in [0.717, 1.165) is 6.07 Å². The molecular formula is C14H18FNO4. The largest absolute Gasteiger partial charge is 0.492 e. The second kappa shape index (κ2) is 6.36. The molecule has 6 heteroatoms. The number of carbonyl (C=O) groups excluding carboxylic acids is 1. The Hall–Kier alpha value is -2.11. The fraction of sp³-hybridized carbons (Fsp3) is 0.429. The predicted octanol–water partition coefficient (Wildman–Crippen LogP) is 2.66. The Morgan fingerprint density at radius 1 is 1.40 bits per heavy atom. The van der Waals surface area contributed by atoms with Crippen molar-refractivity contribution >= 4 is 17.6 Å². The molecule has 0 fully saturated rings. The number of hydrogen-bond acceptors (Lipinski definition) is 3. The number of ether oxygens (including phenoxy) is 1. The van der Waals surface area contributed by atoms with E-state index in [1.807, 2.05) is 0 Å². The number of anilines is 1. The molecule has 0 aliphatic heterocycles. The van der Waals surface area contributed by atoms with Crippen LogP contribution in [-0.4, -0.2) is 23.6 Å². The first kappa shape index (κ1) is 15.9. The van der Waals surface area contributed by atoms with Gasteiger partial charge in [0.05, 0.1) is 17.7 Å². The lowest BCUT2D eigenvalue weighted by Gasteiger charge is -2.19. The van der Waals surface area contributed by atoms with Gasteiger partial charge in [0.15, 0.2) is 0 Å². The Bertz CT molecular complexity index is 514. The first-order valence-corrected chi connectivity index (χ1v) is 6.22. The highest BCUT2D eigenvalue weighted by Crippen LogP contribution is 2.27. The molecule has 0 radical (unpaired) electrons. The number of carboxylic acid groups (broad SMARTS) is 1. The Morgan fingerprint density at radius 3 is 2.60 bits per heavy atom. The van der Waals surface area contributed by atoms with Crippen molar-refractivity contribution in [2.75, 3.05) is 11.9 Å². The van der Waals surface area contributed by atoms with Crippen molar-refractivity contribution < 1.29 is 23.8 Å². The van der Waals surface area contributed by atoms with Crippen LogP contribution in [0.1, 0.15) is 27.2 Å². The van der Waals surface area contributed by atoms with Crippen LogP contribution in [-0.2, 0) is 9.59 Å². The highest BCUT2D eigenvalue weighted by molar-refractivity contribution is 5.95. The van der Waals surface area contributed by atoms with Crippen LogP contribution < -0.4 is 10.1 Å². The summed E-state index contributed by atoms with van der Waals surface area (Å²) in [6.45, 7) is 5.03. The molecule has 1 rings (SSSR count). The van der Waals surface area contributed by atoms with Gasteiger partial charge in [-0.2, -0.15) is 0 Å². The summed E-state index contributed by atoms with van der Waals surface area (Å²) in [4.78, 5) is 22.8. The van der Waals surface area contributed by atoms with Gasteiger partial charge in [0.2, 0.25) is 5.91 Å². The molecule has 2 N–H and O–H groups in total. The van der Waals surface area contributed by atoms with Gasteiger partial charge >= 0.3 is 5.97 Å². The van der Waals surface area contributed by atoms with E-state index in [-0.39, 0.29) is 12.1 Å². The average molecular weight is 283 g/mol. The minimum absolute atomic E-state index is 0.193. The maximum atomic E-state index is 13.2. The monoisotopic (exact) mass is 283 g/mol. The van der Waals surface area contributed by atoms with Gasteiger partial charge in [-0.15, -0.1) is 0 Å². The SMILES string of the molecule is CCOc1ccc(F)cc1NC(=O)CC(C)(C)C(=O)O. The molecule has 110 valence electrons. The van der Waals surface area contributed by atoms with Crippen LogP contribution in [0.3, 0.4) is 0 Å². The maximum absolute atomic E-state index is 13.2. The Balaban J connectivity index is 2.85. The van der Waals surface area contributed by atoms with Gasteiger partial charge in [0.25, 0.3) is 0 Å². The summed E-state index contributed by atoms with van der Waals surface area (Å²) in [5, 5.41) is 11.5. The number of benzene rings is 1. The summed E-state index contributed by atoms with van der Waals surface area (Å²) in [7, 11) is 0. The van der Waals surface area contributed by atoms with E-state index >= 15 is 0 Å². The third kappa shape index (κ3) is 4.22. The maximum Gasteiger partial charge on any atom is 0.309 e. The molecule has 0 saturated heterocycles. The quantitative estimate of drug-likeness (QED) is 0.841. The first-order valence-electron chi connectivity index (χ1n) is 6.22. The summed E-state index contributed by atoms with van der Waals surface area (Å²) in [5.41, 5.74) is -0.999. The highest BCUT2D eigenvalue weighted by atomic mass is 19.1. The molecule has 5 nitrogen and oxygen atoms in total. The molecule has 20 heavy (non-hydrogen) atoms. The molecule has 0 aliphatic rings. The lowest BCUT2D eigenvalue weighted by atomic mass is 9.89. The lowest BCUT2D eigenvalue weighted by Crippen LogP contribution is -2.29. The summed E-state index contributed by atoms with van der Waals surface area (Å²) >= 11 is 0. The smallest absolute Gasteiger partial charge is 0.309 e. The van der Waals surface area contributed by atoms with Crippen LogP contribution in [0.5, 0.6) is 5.75 Å². The van der Waals surface area contributed by atoms with Crippen molar-refractivity contribution in [2.24, 2.45) is 5.41 Å². The van der Waals surface area contributed by atoms with E-state index in [0.29, 0.717) is 12.4 Å². The van der Waals surface area contributed by atoms with Crippen molar-refractivity contribution in [3.63, 3.8) is 0 Å². The minimum atomic E-state index is -1.19. The molecular weight excluding hydrogens is 265 g/mol. The third-order valence-electron chi connectivity index (χ3n) is 2.70. The fourth-order valence-electron chi connectivity index (χ4n) is 1.55. The standard InChI is InChI=1S/C14H18FNO4/c1-4-20-11-6-5-9(15)7-10(11)16-12(17)8-14(2,3)13(18)19/h5-7H,4,8H2,1-3H3,(H,16,17)(H,18,19). The van der Waals surface area contributed by atoms with E-state index in [1.165, 1.54) is 26.0 Å². The molecule has 0 spiro atoms. The molecule has 0 bridgehead atoms. The number of amides is 1. The van der Waals surface area contributed by atoms with Gasteiger partial charge in [-0.3, -0.25) is 9.59 Å². The number of halogens is 1. The second-order valence-electron chi connectivity index (χ2n) is 4.99. The van der Waals surface area contributed by atoms with Crippen LogP contribution >= 0.6 is 0 Å². The molecule has 0 aromatic heterocycles. The Labute approximate surface area is 116 Å². The first-order chi connectivity index (χ1) is 9.26. The summed E-state index contributed by atoms with van der Waals surface area (Å²) in [5.74, 6) is -1.75. The zero-order valence-corrected chi connectivity index (χ0v) is 11.7. The number of aliphatic carboxylic acids is 1. The number of rotatable bonds is 6. The summed E-state index contributed by atoms with van der Waals surface area (Å²) < 4.78 is 18.5. The predicted molar refractivity (Wildman–Crippen MR) is 72.2 cm³/mol. The Kier molecular flexibility index (Phi) is 5.07. The van der Waals surface area contributed by atoms with Gasteiger partial charge < -0.3 is 15.2 Å². The Morgan fingerprint density at radius 2 is 2.05 bits per heavy atom. The number of carbonyl (C=O) groups is 2. The normalized spacial score (nSPS) is 11.0. The van der Waals surface area contributed by atoms with E-state index in [2.05, 4.69) is 5.32 Å². The number of nitrogens with one attached hydrogen (secondary N) is 1. The van der Waals surface area contributed by atoms with Crippen LogP contribution in [0.4, 0.5) is 10.1 Å².